The zero-order chi connectivity index (χ0) is 10.8. The number of aromatic nitrogens is 2. The zero-order valence-corrected chi connectivity index (χ0v) is 8.27. The van der Waals surface area contributed by atoms with Gasteiger partial charge in [0.05, 0.1) is 5.52 Å². The highest BCUT2D eigenvalue weighted by atomic mass is 16.5. The molecule has 0 aliphatic carbocycles. The van der Waals surface area contributed by atoms with E-state index in [0.29, 0.717) is 0 Å². The van der Waals surface area contributed by atoms with Gasteiger partial charge in [0.15, 0.2) is 0 Å². The summed E-state index contributed by atoms with van der Waals surface area (Å²) >= 11 is 0. The molecule has 0 aromatic carbocycles. The van der Waals surface area contributed by atoms with Gasteiger partial charge in [0.2, 0.25) is 0 Å². The van der Waals surface area contributed by atoms with E-state index in [9.17, 15) is 4.79 Å². The van der Waals surface area contributed by atoms with E-state index in [1.54, 1.807) is 17.7 Å². The third-order valence-electron chi connectivity index (χ3n) is 2.33. The fraction of sp³-hybridized carbons (Fsp3) is 0.200. The summed E-state index contributed by atoms with van der Waals surface area (Å²) < 4.78 is 2.01. The molecule has 0 fully saturated rings. The first-order valence-corrected chi connectivity index (χ1v) is 4.65. The van der Waals surface area contributed by atoms with Crippen molar-refractivity contribution in [3.8, 4) is 0 Å². The number of hydrogen-bond acceptors (Lipinski definition) is 3. The van der Waals surface area contributed by atoms with E-state index in [1.807, 2.05) is 23.8 Å². The van der Waals surface area contributed by atoms with E-state index in [2.05, 4.69) is 4.98 Å². The summed E-state index contributed by atoms with van der Waals surface area (Å²) in [4.78, 5) is 15.1. The van der Waals surface area contributed by atoms with Crippen LogP contribution < -0.4 is 5.48 Å². The Balaban J connectivity index is 2.57. The number of pyridine rings is 1. The Morgan fingerprint density at radius 1 is 1.67 bits per heavy atom. The van der Waals surface area contributed by atoms with E-state index in [-0.39, 0.29) is 5.69 Å². The van der Waals surface area contributed by atoms with Crippen LogP contribution >= 0.6 is 0 Å². The van der Waals surface area contributed by atoms with Crippen LogP contribution in [0.15, 0.2) is 24.5 Å². The van der Waals surface area contributed by atoms with Crippen molar-refractivity contribution < 1.29 is 10.0 Å². The SMILES string of the molecule is CCn1ccc2cnc(C(=O)NO)cc21. The molecule has 0 radical (unpaired) electrons. The van der Waals surface area contributed by atoms with Crippen LogP contribution in [0.1, 0.15) is 17.4 Å². The molecule has 0 unspecified atom stereocenters. The van der Waals surface area contributed by atoms with Crippen molar-refractivity contribution >= 4 is 16.8 Å². The Morgan fingerprint density at radius 3 is 3.13 bits per heavy atom. The maximum absolute atomic E-state index is 11.1. The van der Waals surface area contributed by atoms with Gasteiger partial charge in [-0.05, 0) is 19.1 Å². The molecular weight excluding hydrogens is 194 g/mol. The van der Waals surface area contributed by atoms with Crippen LogP contribution in [0, 0.1) is 0 Å². The molecule has 0 saturated heterocycles. The lowest BCUT2D eigenvalue weighted by atomic mass is 10.2. The van der Waals surface area contributed by atoms with Crippen molar-refractivity contribution in [1.82, 2.24) is 15.0 Å². The summed E-state index contributed by atoms with van der Waals surface area (Å²) in [6.45, 7) is 2.85. The van der Waals surface area contributed by atoms with Crippen LogP contribution in [0.5, 0.6) is 0 Å². The third-order valence-corrected chi connectivity index (χ3v) is 2.33. The molecule has 2 heterocycles. The van der Waals surface area contributed by atoms with Gasteiger partial charge in [0.1, 0.15) is 5.69 Å². The third kappa shape index (κ3) is 1.57. The maximum Gasteiger partial charge on any atom is 0.293 e. The molecular formula is C10H11N3O2. The molecule has 2 aromatic rings. The van der Waals surface area contributed by atoms with Gasteiger partial charge in [-0.2, -0.15) is 0 Å². The summed E-state index contributed by atoms with van der Waals surface area (Å²) in [6, 6.07) is 3.59. The molecule has 1 amide bonds. The molecule has 0 aliphatic heterocycles. The van der Waals surface area contributed by atoms with E-state index in [0.717, 1.165) is 17.4 Å². The van der Waals surface area contributed by atoms with Crippen molar-refractivity contribution in [3.05, 3.63) is 30.2 Å². The zero-order valence-electron chi connectivity index (χ0n) is 8.27. The average Bonchev–Trinajstić information content (AvgIpc) is 2.69. The van der Waals surface area contributed by atoms with Crippen molar-refractivity contribution in [2.24, 2.45) is 0 Å². The number of carbonyl (C=O) groups excluding carboxylic acids is 1. The smallest absolute Gasteiger partial charge is 0.293 e. The van der Waals surface area contributed by atoms with Crippen molar-refractivity contribution in [1.29, 1.82) is 0 Å². The second-order valence-corrected chi connectivity index (χ2v) is 3.17. The minimum Gasteiger partial charge on any atom is -0.348 e. The quantitative estimate of drug-likeness (QED) is 0.571. The number of nitrogens with one attached hydrogen (secondary N) is 1. The van der Waals surface area contributed by atoms with Gasteiger partial charge in [-0.3, -0.25) is 15.0 Å². The fourth-order valence-corrected chi connectivity index (χ4v) is 1.54. The van der Waals surface area contributed by atoms with Crippen LogP contribution in [0.3, 0.4) is 0 Å². The molecule has 2 N–H and O–H groups in total. The summed E-state index contributed by atoms with van der Waals surface area (Å²) in [5, 5.41) is 9.47. The molecule has 0 aliphatic rings. The first-order chi connectivity index (χ1) is 7.26. The standard InChI is InChI=1S/C10H11N3O2/c1-2-13-4-3-7-6-11-8(5-9(7)13)10(14)12-15/h3-6,15H,2H2,1H3,(H,12,14). The first kappa shape index (κ1) is 9.67. The number of rotatable bonds is 2. The lowest BCUT2D eigenvalue weighted by Crippen LogP contribution is -2.19. The summed E-state index contributed by atoms with van der Waals surface area (Å²) in [6.07, 6.45) is 3.55. The second kappa shape index (κ2) is 3.70. The minimum absolute atomic E-state index is 0.207. The molecule has 2 rings (SSSR count). The predicted octanol–water partition coefficient (Wildman–Crippen LogP) is 1.18. The van der Waals surface area contributed by atoms with Gasteiger partial charge in [-0.1, -0.05) is 0 Å². The summed E-state index contributed by atoms with van der Waals surface area (Å²) in [5.74, 6) is -0.597. The van der Waals surface area contributed by atoms with E-state index in [1.165, 1.54) is 0 Å². The Morgan fingerprint density at radius 2 is 2.47 bits per heavy atom. The highest BCUT2D eigenvalue weighted by Gasteiger charge is 2.08. The number of nitrogens with zero attached hydrogens (tertiary/aromatic N) is 2. The predicted molar refractivity (Wildman–Crippen MR) is 54.7 cm³/mol. The van der Waals surface area contributed by atoms with Crippen molar-refractivity contribution in [3.63, 3.8) is 0 Å². The largest absolute Gasteiger partial charge is 0.348 e. The monoisotopic (exact) mass is 205 g/mol. The molecule has 2 aromatic heterocycles. The lowest BCUT2D eigenvalue weighted by Gasteiger charge is -2.02. The normalized spacial score (nSPS) is 10.5. The Kier molecular flexibility index (Phi) is 2.39. The highest BCUT2D eigenvalue weighted by molar-refractivity contribution is 5.95. The topological polar surface area (TPSA) is 67.2 Å². The molecule has 0 spiro atoms. The molecule has 0 atom stereocenters. The van der Waals surface area contributed by atoms with Crippen LogP contribution in [-0.4, -0.2) is 20.7 Å². The highest BCUT2D eigenvalue weighted by Crippen LogP contribution is 2.15. The average molecular weight is 205 g/mol. The lowest BCUT2D eigenvalue weighted by molar-refractivity contribution is 0.0701. The first-order valence-electron chi connectivity index (χ1n) is 4.65. The van der Waals surface area contributed by atoms with E-state index in [4.69, 9.17) is 5.21 Å². The van der Waals surface area contributed by atoms with Gasteiger partial charge in [-0.25, -0.2) is 5.48 Å². The number of hydroxylamine groups is 1. The minimum atomic E-state index is -0.597. The molecule has 0 saturated carbocycles. The summed E-state index contributed by atoms with van der Waals surface area (Å²) in [7, 11) is 0. The second-order valence-electron chi connectivity index (χ2n) is 3.17. The fourth-order valence-electron chi connectivity index (χ4n) is 1.54. The van der Waals surface area contributed by atoms with Crippen molar-refractivity contribution in [2.45, 2.75) is 13.5 Å². The number of amides is 1. The molecule has 15 heavy (non-hydrogen) atoms. The Bertz CT molecular complexity index is 504. The number of carbonyl (C=O) groups is 1. The van der Waals surface area contributed by atoms with Crippen LogP contribution in [0.4, 0.5) is 0 Å². The van der Waals surface area contributed by atoms with Gasteiger partial charge < -0.3 is 4.57 Å². The van der Waals surface area contributed by atoms with E-state index >= 15 is 0 Å². The summed E-state index contributed by atoms with van der Waals surface area (Å²) in [5.41, 5.74) is 2.71. The molecule has 78 valence electrons. The molecule has 5 nitrogen and oxygen atoms in total. The van der Waals surface area contributed by atoms with Gasteiger partial charge >= 0.3 is 0 Å². The van der Waals surface area contributed by atoms with Crippen LogP contribution in [0.25, 0.3) is 10.9 Å². The van der Waals surface area contributed by atoms with Crippen molar-refractivity contribution in [2.75, 3.05) is 0 Å². The Labute approximate surface area is 86.3 Å². The maximum atomic E-state index is 11.1. The Hall–Kier alpha value is -1.88. The number of fused-ring (bicyclic) bond motifs is 1. The molecule has 5 heteroatoms. The van der Waals surface area contributed by atoms with Crippen LogP contribution in [0.2, 0.25) is 0 Å². The number of aryl methyl sites for hydroxylation is 1. The molecule has 0 bridgehead atoms. The van der Waals surface area contributed by atoms with Crippen LogP contribution in [-0.2, 0) is 6.54 Å². The van der Waals surface area contributed by atoms with Gasteiger partial charge in [0, 0.05) is 24.3 Å². The van der Waals surface area contributed by atoms with E-state index < -0.39 is 5.91 Å². The van der Waals surface area contributed by atoms with Gasteiger partial charge in [-0.15, -0.1) is 0 Å². The van der Waals surface area contributed by atoms with Gasteiger partial charge in [0.25, 0.3) is 5.91 Å². The number of hydrogen-bond donors (Lipinski definition) is 2.